The summed E-state index contributed by atoms with van der Waals surface area (Å²) in [4.78, 5) is 16.7. The van der Waals surface area contributed by atoms with E-state index >= 15 is 0 Å². The number of nitrogens with zero attached hydrogens (tertiary/aromatic N) is 2. The number of piperazine rings is 1. The summed E-state index contributed by atoms with van der Waals surface area (Å²) in [6.07, 6.45) is 2.13. The van der Waals surface area contributed by atoms with E-state index in [2.05, 4.69) is 16.5 Å². The number of thioether (sulfide) groups is 1. The highest BCUT2D eigenvalue weighted by molar-refractivity contribution is 7.98. The van der Waals surface area contributed by atoms with Gasteiger partial charge in [0.15, 0.2) is 0 Å². The zero-order valence-electron chi connectivity index (χ0n) is 13.6. The van der Waals surface area contributed by atoms with Gasteiger partial charge in [0.2, 0.25) is 0 Å². The van der Waals surface area contributed by atoms with E-state index in [1.807, 2.05) is 41.8 Å². The Morgan fingerprint density at radius 3 is 2.68 bits per heavy atom. The van der Waals surface area contributed by atoms with Gasteiger partial charge >= 0.3 is 6.03 Å². The van der Waals surface area contributed by atoms with Crippen molar-refractivity contribution >= 4 is 23.5 Å². The van der Waals surface area contributed by atoms with Gasteiger partial charge in [0.25, 0.3) is 0 Å². The van der Waals surface area contributed by atoms with Gasteiger partial charge in [-0.15, -0.1) is 0 Å². The molecule has 1 fully saturated rings. The van der Waals surface area contributed by atoms with Gasteiger partial charge < -0.3 is 15.0 Å². The van der Waals surface area contributed by atoms with Crippen molar-refractivity contribution in [1.82, 2.24) is 9.80 Å². The molecule has 0 bridgehead atoms. The minimum absolute atomic E-state index is 0.0270. The van der Waals surface area contributed by atoms with Crippen LogP contribution in [0, 0.1) is 6.92 Å². The fourth-order valence-corrected chi connectivity index (χ4v) is 2.89. The molecule has 0 aromatic heterocycles. The molecule has 1 saturated heterocycles. The lowest BCUT2D eigenvalue weighted by Crippen LogP contribution is -2.50. The van der Waals surface area contributed by atoms with Gasteiger partial charge in [-0.05, 0) is 24.8 Å². The van der Waals surface area contributed by atoms with E-state index in [-0.39, 0.29) is 6.03 Å². The number of carbonyl (C=O) groups excluding carboxylic acids is 1. The van der Waals surface area contributed by atoms with Gasteiger partial charge in [-0.25, -0.2) is 4.79 Å². The number of rotatable bonds is 5. The first-order chi connectivity index (χ1) is 10.6. The molecule has 122 valence electrons. The molecule has 0 unspecified atom stereocenters. The number of hydrogen-bond donors (Lipinski definition) is 1. The predicted octanol–water partition coefficient (Wildman–Crippen LogP) is 2.52. The molecule has 2 amide bonds. The fourth-order valence-electron chi connectivity index (χ4n) is 2.45. The Kier molecular flexibility index (Phi) is 6.39. The summed E-state index contributed by atoms with van der Waals surface area (Å²) in [5.74, 6) is 1.90. The molecular weight excluding hydrogens is 298 g/mol. The molecule has 2 rings (SSSR count). The number of benzene rings is 1. The molecule has 1 aliphatic rings. The number of urea groups is 1. The summed E-state index contributed by atoms with van der Waals surface area (Å²) in [5, 5.41) is 3.00. The summed E-state index contributed by atoms with van der Waals surface area (Å²) in [6, 6.07) is 5.69. The van der Waals surface area contributed by atoms with Crippen LogP contribution in [0.3, 0.4) is 0 Å². The maximum absolute atomic E-state index is 12.4. The van der Waals surface area contributed by atoms with Crippen LogP contribution in [0.4, 0.5) is 10.5 Å². The summed E-state index contributed by atoms with van der Waals surface area (Å²) >= 11 is 1.86. The number of ether oxygens (including phenoxy) is 1. The van der Waals surface area contributed by atoms with Crippen molar-refractivity contribution in [3.8, 4) is 5.75 Å². The second kappa shape index (κ2) is 8.29. The maximum atomic E-state index is 12.4. The monoisotopic (exact) mass is 323 g/mol. The van der Waals surface area contributed by atoms with E-state index in [1.54, 1.807) is 7.11 Å². The van der Waals surface area contributed by atoms with Crippen molar-refractivity contribution in [3.05, 3.63) is 23.8 Å². The van der Waals surface area contributed by atoms with Crippen LogP contribution in [-0.4, -0.2) is 67.7 Å². The quantitative estimate of drug-likeness (QED) is 0.904. The summed E-state index contributed by atoms with van der Waals surface area (Å²) in [5.41, 5.74) is 1.85. The van der Waals surface area contributed by atoms with Crippen LogP contribution in [0.2, 0.25) is 0 Å². The number of hydrogen-bond acceptors (Lipinski definition) is 4. The van der Waals surface area contributed by atoms with E-state index in [4.69, 9.17) is 4.74 Å². The average Bonchev–Trinajstić information content (AvgIpc) is 2.55. The number of methoxy groups -OCH3 is 1. The largest absolute Gasteiger partial charge is 0.497 e. The first kappa shape index (κ1) is 17.0. The summed E-state index contributed by atoms with van der Waals surface area (Å²) in [6.45, 7) is 6.55. The topological polar surface area (TPSA) is 44.8 Å². The van der Waals surface area contributed by atoms with Crippen LogP contribution in [0.5, 0.6) is 5.75 Å². The third kappa shape index (κ3) is 4.55. The highest BCUT2D eigenvalue weighted by atomic mass is 32.2. The molecule has 6 heteroatoms. The minimum Gasteiger partial charge on any atom is -0.497 e. The lowest BCUT2D eigenvalue weighted by atomic mass is 10.2. The van der Waals surface area contributed by atoms with Crippen LogP contribution in [0.1, 0.15) is 5.56 Å². The molecule has 0 saturated carbocycles. The first-order valence-corrected chi connectivity index (χ1v) is 8.95. The Hall–Kier alpha value is -1.40. The van der Waals surface area contributed by atoms with Crippen molar-refractivity contribution < 1.29 is 9.53 Å². The van der Waals surface area contributed by atoms with Crippen LogP contribution >= 0.6 is 11.8 Å². The normalized spacial score (nSPS) is 15.7. The maximum Gasteiger partial charge on any atom is 0.321 e. The Morgan fingerprint density at radius 2 is 2.05 bits per heavy atom. The zero-order valence-corrected chi connectivity index (χ0v) is 14.4. The van der Waals surface area contributed by atoms with E-state index in [0.29, 0.717) is 0 Å². The first-order valence-electron chi connectivity index (χ1n) is 7.56. The fraction of sp³-hybridized carbons (Fsp3) is 0.562. The third-order valence-corrected chi connectivity index (χ3v) is 4.55. The molecule has 1 aliphatic heterocycles. The van der Waals surface area contributed by atoms with Crippen LogP contribution in [-0.2, 0) is 0 Å². The molecule has 1 N–H and O–H groups in total. The number of anilines is 1. The van der Waals surface area contributed by atoms with Crippen LogP contribution < -0.4 is 10.1 Å². The smallest absolute Gasteiger partial charge is 0.321 e. The molecule has 0 radical (unpaired) electrons. The highest BCUT2D eigenvalue weighted by Gasteiger charge is 2.21. The Morgan fingerprint density at radius 1 is 1.32 bits per heavy atom. The van der Waals surface area contributed by atoms with Gasteiger partial charge in [0, 0.05) is 50.2 Å². The van der Waals surface area contributed by atoms with E-state index in [9.17, 15) is 4.79 Å². The lowest BCUT2D eigenvalue weighted by Gasteiger charge is -2.34. The van der Waals surface area contributed by atoms with Gasteiger partial charge in [0.1, 0.15) is 5.75 Å². The molecule has 1 heterocycles. The zero-order chi connectivity index (χ0) is 15.9. The second-order valence-electron chi connectivity index (χ2n) is 5.43. The molecule has 22 heavy (non-hydrogen) atoms. The SMILES string of the molecule is COc1ccc(C)c(NC(=O)N2CCN(CCSC)CC2)c1. The summed E-state index contributed by atoms with van der Waals surface area (Å²) in [7, 11) is 1.63. The molecule has 1 aromatic carbocycles. The number of aryl methyl sites for hydroxylation is 1. The van der Waals surface area contributed by atoms with Crippen molar-refractivity contribution in [1.29, 1.82) is 0 Å². The summed E-state index contributed by atoms with van der Waals surface area (Å²) < 4.78 is 5.21. The van der Waals surface area contributed by atoms with Crippen molar-refractivity contribution in [2.45, 2.75) is 6.92 Å². The van der Waals surface area contributed by atoms with Crippen molar-refractivity contribution in [2.24, 2.45) is 0 Å². The Balaban J connectivity index is 1.88. The minimum atomic E-state index is -0.0270. The third-order valence-electron chi connectivity index (χ3n) is 3.96. The van der Waals surface area contributed by atoms with Gasteiger partial charge in [-0.3, -0.25) is 4.90 Å². The highest BCUT2D eigenvalue weighted by Crippen LogP contribution is 2.22. The number of amides is 2. The van der Waals surface area contributed by atoms with Crippen molar-refractivity contribution in [3.63, 3.8) is 0 Å². The predicted molar refractivity (Wildman–Crippen MR) is 93.1 cm³/mol. The van der Waals surface area contributed by atoms with E-state index < -0.39 is 0 Å². The standard InChI is InChI=1S/C16H25N3O2S/c1-13-4-5-14(21-2)12-15(13)17-16(20)19-8-6-18(7-9-19)10-11-22-3/h4-5,12H,6-11H2,1-3H3,(H,17,20). The molecule has 0 aliphatic carbocycles. The Bertz CT molecular complexity index is 502. The van der Waals surface area contributed by atoms with Crippen LogP contribution in [0.15, 0.2) is 18.2 Å². The van der Waals surface area contributed by atoms with E-state index in [0.717, 1.165) is 55.5 Å². The van der Waals surface area contributed by atoms with Gasteiger partial charge in [-0.1, -0.05) is 6.07 Å². The van der Waals surface area contributed by atoms with Gasteiger partial charge in [-0.2, -0.15) is 11.8 Å². The lowest BCUT2D eigenvalue weighted by molar-refractivity contribution is 0.152. The van der Waals surface area contributed by atoms with Crippen LogP contribution in [0.25, 0.3) is 0 Å². The number of nitrogens with one attached hydrogen (secondary N) is 1. The molecule has 0 spiro atoms. The molecule has 1 aromatic rings. The average molecular weight is 323 g/mol. The van der Waals surface area contributed by atoms with Crippen molar-refractivity contribution in [2.75, 3.05) is 57.2 Å². The Labute approximate surface area is 137 Å². The molecule has 0 atom stereocenters. The molecular formula is C16H25N3O2S. The molecule has 5 nitrogen and oxygen atoms in total. The number of carbonyl (C=O) groups is 1. The van der Waals surface area contributed by atoms with Gasteiger partial charge in [0.05, 0.1) is 7.11 Å². The van der Waals surface area contributed by atoms with E-state index in [1.165, 1.54) is 0 Å². The second-order valence-corrected chi connectivity index (χ2v) is 6.42.